The third-order valence-corrected chi connectivity index (χ3v) is 5.69. The van der Waals surface area contributed by atoms with Crippen molar-refractivity contribution in [3.8, 4) is 0 Å². The summed E-state index contributed by atoms with van der Waals surface area (Å²) in [5.74, 6) is -1.49. The number of fused-ring (bicyclic) bond motifs is 2. The van der Waals surface area contributed by atoms with E-state index >= 15 is 0 Å². The van der Waals surface area contributed by atoms with Crippen LogP contribution in [0.2, 0.25) is 0 Å². The number of H-pyrrole nitrogens is 2. The van der Waals surface area contributed by atoms with Crippen molar-refractivity contribution in [3.63, 3.8) is 0 Å². The number of hydrogen-bond donors (Lipinski definition) is 8. The van der Waals surface area contributed by atoms with Crippen molar-refractivity contribution in [2.24, 2.45) is 33.0 Å². The summed E-state index contributed by atoms with van der Waals surface area (Å²) >= 11 is 0. The number of hydrogen-bond acceptors (Lipinski definition) is 5. The first-order chi connectivity index (χ1) is 18.5. The first-order valence-corrected chi connectivity index (χ1v) is 11.9. The van der Waals surface area contributed by atoms with E-state index in [-0.39, 0.29) is 30.3 Å². The van der Waals surface area contributed by atoms with Crippen molar-refractivity contribution in [2.75, 3.05) is 11.9 Å². The summed E-state index contributed by atoms with van der Waals surface area (Å²) in [6, 6.07) is 13.5. The van der Waals surface area contributed by atoms with E-state index < -0.39 is 12.1 Å². The van der Waals surface area contributed by atoms with Gasteiger partial charge in [-0.2, -0.15) is 0 Å². The molecule has 2 aromatic carbocycles. The maximum atomic E-state index is 13.0. The Bertz CT molecular complexity index is 1620. The van der Waals surface area contributed by atoms with Crippen LogP contribution in [0.25, 0.3) is 21.8 Å². The number of nitrogens with one attached hydrogen (secondary N) is 4. The van der Waals surface area contributed by atoms with E-state index in [2.05, 4.69) is 30.7 Å². The van der Waals surface area contributed by atoms with Gasteiger partial charge in [0.2, 0.25) is 5.96 Å². The number of guanidine groups is 2. The standard InChI is InChI=1S/C25H29N11O3/c1-3-36(35-25(28)29)23(39)20-11-15-9-16(5-7-18(15)34-20)32-22(38)19-10-14-8-13(4-6-17(14)33-19)21(37)30-12(2)31-24(26)27/h4-12,33-34H,3H2,1-2H3,(H,30,37)(H,32,38)(H4,26,27,31)(H4,28,29,35). The van der Waals surface area contributed by atoms with Gasteiger partial charge < -0.3 is 43.5 Å². The van der Waals surface area contributed by atoms with E-state index in [1.54, 1.807) is 62.4 Å². The fourth-order valence-electron chi connectivity index (χ4n) is 3.99. The van der Waals surface area contributed by atoms with Crippen LogP contribution in [0.15, 0.2) is 58.6 Å². The molecule has 12 N–H and O–H groups in total. The largest absolute Gasteiger partial charge is 0.370 e. The Morgan fingerprint density at radius 1 is 0.872 bits per heavy atom. The van der Waals surface area contributed by atoms with E-state index in [1.807, 2.05) is 0 Å². The average Bonchev–Trinajstić information content (AvgIpc) is 3.49. The Morgan fingerprint density at radius 3 is 2.18 bits per heavy atom. The second-order valence-corrected chi connectivity index (χ2v) is 8.67. The summed E-state index contributed by atoms with van der Waals surface area (Å²) in [6.45, 7) is 3.67. The van der Waals surface area contributed by atoms with Crippen molar-refractivity contribution in [3.05, 3.63) is 65.5 Å². The Morgan fingerprint density at radius 2 is 1.51 bits per heavy atom. The molecule has 0 saturated heterocycles. The lowest BCUT2D eigenvalue weighted by molar-refractivity contribution is 0.0763. The summed E-state index contributed by atoms with van der Waals surface area (Å²) in [6.07, 6.45) is -0.596. The van der Waals surface area contributed by atoms with Gasteiger partial charge >= 0.3 is 0 Å². The van der Waals surface area contributed by atoms with E-state index in [0.717, 1.165) is 5.01 Å². The van der Waals surface area contributed by atoms with Crippen LogP contribution in [0.4, 0.5) is 5.69 Å². The van der Waals surface area contributed by atoms with Crippen LogP contribution in [-0.2, 0) is 0 Å². The number of anilines is 1. The number of hydrazone groups is 1. The van der Waals surface area contributed by atoms with Crippen LogP contribution in [-0.4, -0.2) is 57.3 Å². The van der Waals surface area contributed by atoms with Crippen LogP contribution in [0, 0.1) is 0 Å². The minimum Gasteiger partial charge on any atom is -0.370 e. The number of aromatic nitrogens is 2. The van der Waals surface area contributed by atoms with Gasteiger partial charge in [-0.15, -0.1) is 5.10 Å². The molecular formula is C25H29N11O3. The van der Waals surface area contributed by atoms with Crippen molar-refractivity contribution in [1.82, 2.24) is 20.3 Å². The van der Waals surface area contributed by atoms with Gasteiger partial charge in [-0.1, -0.05) is 0 Å². The highest BCUT2D eigenvalue weighted by Crippen LogP contribution is 2.23. The summed E-state index contributed by atoms with van der Waals surface area (Å²) in [7, 11) is 0. The minimum atomic E-state index is -0.596. The smallest absolute Gasteiger partial charge is 0.290 e. The molecule has 0 saturated carbocycles. The Hall–Kier alpha value is -5.53. The molecule has 3 amide bonds. The van der Waals surface area contributed by atoms with Gasteiger partial charge in [0.25, 0.3) is 17.7 Å². The van der Waals surface area contributed by atoms with Gasteiger partial charge in [0, 0.05) is 39.6 Å². The van der Waals surface area contributed by atoms with E-state index in [0.29, 0.717) is 44.4 Å². The van der Waals surface area contributed by atoms with Crippen LogP contribution in [0.1, 0.15) is 45.2 Å². The first kappa shape index (κ1) is 26.5. The SMILES string of the molecule is CCN(N=C(N)N)C(=O)c1cc2cc(NC(=O)c3cc4cc(C(=O)NC(C)N=C(N)N)ccc4[nH]3)ccc2[nH]1. The zero-order chi connectivity index (χ0) is 28.3. The number of aliphatic imine (C=N–C) groups is 1. The molecule has 14 heteroatoms. The molecule has 39 heavy (non-hydrogen) atoms. The summed E-state index contributed by atoms with van der Waals surface area (Å²) in [4.78, 5) is 48.2. The van der Waals surface area contributed by atoms with E-state index in [9.17, 15) is 14.4 Å². The number of carbonyl (C=O) groups excluding carboxylic acids is 3. The lowest BCUT2D eigenvalue weighted by atomic mass is 10.1. The van der Waals surface area contributed by atoms with Gasteiger partial charge in [0.05, 0.1) is 0 Å². The quantitative estimate of drug-likeness (QED) is 0.0927. The summed E-state index contributed by atoms with van der Waals surface area (Å²) in [5.41, 5.74) is 24.4. The van der Waals surface area contributed by atoms with Gasteiger partial charge in [-0.3, -0.25) is 14.4 Å². The third kappa shape index (κ3) is 6.07. The fourth-order valence-corrected chi connectivity index (χ4v) is 3.99. The second kappa shape index (κ2) is 10.8. The van der Waals surface area contributed by atoms with Crippen molar-refractivity contribution in [1.29, 1.82) is 0 Å². The lowest BCUT2D eigenvalue weighted by Gasteiger charge is -2.13. The highest BCUT2D eigenvalue weighted by Gasteiger charge is 2.18. The van der Waals surface area contributed by atoms with Crippen LogP contribution in [0.5, 0.6) is 0 Å². The molecule has 14 nitrogen and oxygen atoms in total. The molecule has 2 aromatic heterocycles. The zero-order valence-electron chi connectivity index (χ0n) is 21.3. The Kier molecular flexibility index (Phi) is 7.37. The number of aromatic amines is 2. The molecule has 0 spiro atoms. The van der Waals surface area contributed by atoms with Gasteiger partial charge in [-0.05, 0) is 62.4 Å². The molecule has 1 atom stereocenters. The molecule has 4 rings (SSSR count). The molecule has 1 unspecified atom stereocenters. The molecule has 0 fully saturated rings. The second-order valence-electron chi connectivity index (χ2n) is 8.67. The maximum Gasteiger partial charge on any atom is 0.290 e. The number of nitrogens with zero attached hydrogens (tertiary/aromatic N) is 3. The molecule has 0 aliphatic rings. The summed E-state index contributed by atoms with van der Waals surface area (Å²) < 4.78 is 0. The fraction of sp³-hybridized carbons (Fsp3) is 0.160. The molecule has 0 aliphatic carbocycles. The zero-order valence-corrected chi connectivity index (χ0v) is 21.3. The average molecular weight is 532 g/mol. The number of carbonyl (C=O) groups is 3. The van der Waals surface area contributed by atoms with Crippen LogP contribution < -0.4 is 33.6 Å². The molecule has 202 valence electrons. The third-order valence-electron chi connectivity index (χ3n) is 5.69. The predicted molar refractivity (Wildman–Crippen MR) is 150 cm³/mol. The molecule has 2 heterocycles. The minimum absolute atomic E-state index is 0.130. The Labute approximate surface area is 222 Å². The van der Waals surface area contributed by atoms with Crippen LogP contribution in [0.3, 0.4) is 0 Å². The first-order valence-electron chi connectivity index (χ1n) is 11.9. The van der Waals surface area contributed by atoms with E-state index in [4.69, 9.17) is 22.9 Å². The van der Waals surface area contributed by atoms with Crippen molar-refractivity contribution in [2.45, 2.75) is 20.0 Å². The van der Waals surface area contributed by atoms with Gasteiger partial charge in [-0.25, -0.2) is 10.0 Å². The molecular weight excluding hydrogens is 502 g/mol. The predicted octanol–water partition coefficient (Wildman–Crippen LogP) is 0.901. The summed E-state index contributed by atoms with van der Waals surface area (Å²) in [5, 5.41) is 11.9. The van der Waals surface area contributed by atoms with Gasteiger partial charge in [0.15, 0.2) is 5.96 Å². The topological polar surface area (TPSA) is 239 Å². The number of amides is 3. The highest BCUT2D eigenvalue weighted by molar-refractivity contribution is 6.08. The number of rotatable bonds is 8. The van der Waals surface area contributed by atoms with E-state index in [1.165, 1.54) is 0 Å². The molecule has 4 aromatic rings. The normalized spacial score (nSPS) is 11.5. The monoisotopic (exact) mass is 531 g/mol. The van der Waals surface area contributed by atoms with Crippen molar-refractivity contribution >= 4 is 57.1 Å². The van der Waals surface area contributed by atoms with Gasteiger partial charge in [0.1, 0.15) is 17.6 Å². The number of nitrogens with two attached hydrogens (primary N) is 4. The lowest BCUT2D eigenvalue weighted by Crippen LogP contribution is -2.35. The number of benzene rings is 2. The molecule has 0 aliphatic heterocycles. The molecule has 0 radical (unpaired) electrons. The Balaban J connectivity index is 1.50. The molecule has 0 bridgehead atoms. The maximum absolute atomic E-state index is 13.0. The van der Waals surface area contributed by atoms with Crippen LogP contribution >= 0.6 is 0 Å². The van der Waals surface area contributed by atoms with Crippen molar-refractivity contribution < 1.29 is 14.4 Å². The highest BCUT2D eigenvalue weighted by atomic mass is 16.2.